The number of nitrogens with zero attached hydrogens (tertiary/aromatic N) is 3. The zero-order valence-electron chi connectivity index (χ0n) is 21.5. The van der Waals surface area contributed by atoms with Crippen molar-refractivity contribution in [3.05, 3.63) is 16.7 Å². The van der Waals surface area contributed by atoms with E-state index in [-0.39, 0.29) is 51.4 Å². The van der Waals surface area contributed by atoms with Gasteiger partial charge in [0.05, 0.1) is 19.0 Å². The number of rotatable bonds is 5. The summed E-state index contributed by atoms with van der Waals surface area (Å²) in [5.41, 5.74) is 7.10. The molecule has 2 fully saturated rings. The molecule has 4 heterocycles. The largest absolute Gasteiger partial charge is 0.414 e. The number of aromatic amines is 1. The van der Waals surface area contributed by atoms with E-state index in [9.17, 15) is 4.79 Å². The Morgan fingerprint density at radius 1 is 1.03 bits per heavy atom. The molecule has 3 atom stereocenters. The smallest absolute Gasteiger partial charge is 0.335 e. The van der Waals surface area contributed by atoms with E-state index in [1.807, 2.05) is 0 Å². The van der Waals surface area contributed by atoms with E-state index in [1.165, 1.54) is 0 Å². The minimum atomic E-state index is -2.71. The molecule has 0 spiro atoms. The molecule has 34 heavy (non-hydrogen) atoms. The third-order valence-corrected chi connectivity index (χ3v) is 17.6. The van der Waals surface area contributed by atoms with Crippen LogP contribution in [0.15, 0.2) is 11.1 Å². The van der Waals surface area contributed by atoms with Crippen molar-refractivity contribution < 1.29 is 17.7 Å². The molecule has 0 amide bonds. The number of hydrogen-bond acceptors (Lipinski definition) is 8. The Balaban J connectivity index is 1.74. The van der Waals surface area contributed by atoms with Crippen LogP contribution in [-0.4, -0.2) is 55.5 Å². The highest BCUT2D eigenvalue weighted by atomic mass is 28.5. The first-order valence-corrected chi connectivity index (χ1v) is 16.2. The molecular weight excluding hydrogens is 470 g/mol. The average Bonchev–Trinajstić information content (AvgIpc) is 3.31. The van der Waals surface area contributed by atoms with Crippen LogP contribution >= 0.6 is 0 Å². The molecule has 4 rings (SSSR count). The number of aromatic nitrogens is 4. The molecule has 0 aromatic carbocycles. The Labute approximate surface area is 203 Å². The number of nitrogens with one attached hydrogen (secondary N) is 1. The van der Waals surface area contributed by atoms with Gasteiger partial charge in [0, 0.05) is 6.42 Å². The molecule has 190 valence electrons. The van der Waals surface area contributed by atoms with Gasteiger partial charge in [0.15, 0.2) is 11.2 Å². The second kappa shape index (κ2) is 9.14. The van der Waals surface area contributed by atoms with Gasteiger partial charge in [-0.3, -0.25) is 14.3 Å². The van der Waals surface area contributed by atoms with Gasteiger partial charge < -0.3 is 23.4 Å². The fraction of sp³-hybridized carbons (Fsp3) is 0.773. The van der Waals surface area contributed by atoms with Crippen molar-refractivity contribution in [2.45, 2.75) is 102 Å². The fourth-order valence-electron chi connectivity index (χ4n) is 5.46. The number of anilines is 1. The lowest BCUT2D eigenvalue weighted by atomic mass is 10.2. The molecule has 0 radical (unpaired) electrons. The van der Waals surface area contributed by atoms with Gasteiger partial charge >= 0.3 is 17.1 Å². The maximum Gasteiger partial charge on any atom is 0.335 e. The predicted molar refractivity (Wildman–Crippen MR) is 135 cm³/mol. The van der Waals surface area contributed by atoms with Crippen molar-refractivity contribution in [1.82, 2.24) is 19.5 Å². The summed E-state index contributed by atoms with van der Waals surface area (Å²) >= 11 is 0. The Hall–Kier alpha value is -1.58. The summed E-state index contributed by atoms with van der Waals surface area (Å²) in [4.78, 5) is 23.3. The molecule has 2 aromatic rings. The van der Waals surface area contributed by atoms with Crippen LogP contribution in [-0.2, 0) is 17.7 Å². The molecule has 10 nitrogen and oxygen atoms in total. The third-order valence-electron chi connectivity index (χ3n) is 7.29. The molecule has 3 N–H and O–H groups in total. The minimum Gasteiger partial charge on any atom is -0.414 e. The number of ether oxygens (including phenoxy) is 1. The number of fused-ring (bicyclic) bond motifs is 2. The maximum atomic E-state index is 12.3. The van der Waals surface area contributed by atoms with Crippen molar-refractivity contribution in [2.24, 2.45) is 0 Å². The minimum absolute atomic E-state index is 0.0481. The lowest BCUT2D eigenvalue weighted by molar-refractivity contribution is -0.0544. The highest BCUT2D eigenvalue weighted by Gasteiger charge is 2.60. The number of hydrogen-bond donors (Lipinski definition) is 2. The predicted octanol–water partition coefficient (Wildman–Crippen LogP) is 3.95. The Morgan fingerprint density at radius 2 is 1.65 bits per heavy atom. The van der Waals surface area contributed by atoms with E-state index >= 15 is 0 Å². The van der Waals surface area contributed by atoms with Crippen molar-refractivity contribution in [3.63, 3.8) is 0 Å². The van der Waals surface area contributed by atoms with E-state index < -0.39 is 23.3 Å². The molecule has 2 aromatic heterocycles. The van der Waals surface area contributed by atoms with Crippen molar-refractivity contribution in [1.29, 1.82) is 0 Å². The van der Waals surface area contributed by atoms with Crippen molar-refractivity contribution in [2.75, 3.05) is 12.3 Å². The van der Waals surface area contributed by atoms with E-state index in [1.54, 1.807) is 10.9 Å². The Morgan fingerprint density at radius 3 is 2.24 bits per heavy atom. The van der Waals surface area contributed by atoms with Gasteiger partial charge in [-0.15, -0.1) is 0 Å². The summed E-state index contributed by atoms with van der Waals surface area (Å²) < 4.78 is 29.4. The molecule has 0 unspecified atom stereocenters. The van der Waals surface area contributed by atoms with Crippen molar-refractivity contribution >= 4 is 34.2 Å². The van der Waals surface area contributed by atoms with Gasteiger partial charge in [-0.1, -0.05) is 55.4 Å². The van der Waals surface area contributed by atoms with E-state index in [0.29, 0.717) is 18.7 Å². The van der Waals surface area contributed by atoms with Crippen LogP contribution in [0.1, 0.15) is 68.0 Å². The maximum absolute atomic E-state index is 12.3. The summed E-state index contributed by atoms with van der Waals surface area (Å²) in [6, 6.07) is 0. The summed E-state index contributed by atoms with van der Waals surface area (Å²) in [5.74, 6) is 0.0481. The second-order valence-electron chi connectivity index (χ2n) is 10.8. The quantitative estimate of drug-likeness (QED) is 0.580. The topological polar surface area (TPSA) is 127 Å². The van der Waals surface area contributed by atoms with Gasteiger partial charge in [0.1, 0.15) is 12.3 Å². The van der Waals surface area contributed by atoms with Gasteiger partial charge in [-0.2, -0.15) is 4.98 Å². The first kappa shape index (κ1) is 25.5. The van der Waals surface area contributed by atoms with Crippen LogP contribution < -0.4 is 11.3 Å². The third kappa shape index (κ3) is 4.07. The monoisotopic (exact) mass is 509 g/mol. The number of nitrogens with two attached hydrogens (primary N) is 1. The average molecular weight is 510 g/mol. The number of H-pyrrole nitrogens is 1. The summed E-state index contributed by atoms with van der Waals surface area (Å²) in [7, 11) is -5.34. The van der Waals surface area contributed by atoms with Crippen LogP contribution in [0.3, 0.4) is 0 Å². The molecule has 2 aliphatic rings. The number of nitrogen functional groups attached to an aromatic ring is 1. The van der Waals surface area contributed by atoms with Gasteiger partial charge in [-0.05, 0) is 22.2 Å². The van der Waals surface area contributed by atoms with E-state index in [2.05, 4.69) is 70.3 Å². The Bertz CT molecular complexity index is 1070. The first-order valence-electron chi connectivity index (χ1n) is 12.3. The van der Waals surface area contributed by atoms with Crippen LogP contribution in [0.25, 0.3) is 11.2 Å². The summed E-state index contributed by atoms with van der Waals surface area (Å²) in [5, 5.41) is 0. The second-order valence-corrected chi connectivity index (χ2v) is 19.6. The molecule has 2 aliphatic heterocycles. The van der Waals surface area contributed by atoms with Gasteiger partial charge in [-0.25, -0.2) is 4.98 Å². The number of imidazole rings is 1. The van der Waals surface area contributed by atoms with Crippen LogP contribution in [0.4, 0.5) is 5.95 Å². The first-order chi connectivity index (χ1) is 15.9. The zero-order valence-corrected chi connectivity index (χ0v) is 23.5. The van der Waals surface area contributed by atoms with E-state index in [0.717, 1.165) is 0 Å². The molecule has 0 aliphatic carbocycles. The van der Waals surface area contributed by atoms with Gasteiger partial charge in [0.2, 0.25) is 5.95 Å². The Kier molecular flexibility index (Phi) is 6.86. The molecular formula is C22H39N5O5Si2. The molecule has 12 heteroatoms. The lowest BCUT2D eigenvalue weighted by Crippen LogP contribution is -2.65. The standard InChI is InChI=1S/C22H39N5O5Si2/c1-12(2)33(13(3)4)29-10-17-16(31-34(32-33,14(5)6)15(7)8)9-18(30-17)27-11-24-19-20(27)25-22(23)26-21(19)28/h11-18H,9-10H2,1-8H3,(H3,23,25,26,28)/t16-,17+,18+/m0/s1. The lowest BCUT2D eigenvalue weighted by Gasteiger charge is -2.51. The van der Waals surface area contributed by atoms with Crippen LogP contribution in [0, 0.1) is 0 Å². The normalized spacial score (nSPS) is 27.0. The summed E-state index contributed by atoms with van der Waals surface area (Å²) in [6.45, 7) is 18.0. The highest BCUT2D eigenvalue weighted by molar-refractivity contribution is 6.83. The molecule has 2 saturated heterocycles. The molecule has 0 bridgehead atoms. The van der Waals surface area contributed by atoms with Crippen LogP contribution in [0.2, 0.25) is 22.2 Å². The SMILES string of the molecule is CC(C)[Si]1(C(C)C)OC[C@H]2O[C@@H](n3cnc4c(=O)[nH]c(N)nc43)C[C@@H]2O[Si](C(C)C)(C(C)C)O1. The van der Waals surface area contributed by atoms with Crippen LogP contribution in [0.5, 0.6) is 0 Å². The summed E-state index contributed by atoms with van der Waals surface area (Å²) in [6.07, 6.45) is 1.34. The fourth-order valence-corrected chi connectivity index (χ4v) is 16.7. The zero-order chi connectivity index (χ0) is 25.0. The van der Waals surface area contributed by atoms with Crippen molar-refractivity contribution in [3.8, 4) is 0 Å². The highest BCUT2D eigenvalue weighted by Crippen LogP contribution is 2.48. The van der Waals surface area contributed by atoms with E-state index in [4.69, 9.17) is 23.4 Å². The van der Waals surface area contributed by atoms with Gasteiger partial charge in [0.25, 0.3) is 5.56 Å². The molecule has 0 saturated carbocycles.